The van der Waals surface area contributed by atoms with Gasteiger partial charge in [0.15, 0.2) is 0 Å². The average molecular weight is 241 g/mol. The molecule has 0 saturated carbocycles. The number of carbonyl (C=O) groups is 1. The highest BCUT2D eigenvalue weighted by Crippen LogP contribution is 2.32. The van der Waals surface area contributed by atoms with Gasteiger partial charge in [0.05, 0.1) is 25.3 Å². The summed E-state index contributed by atoms with van der Waals surface area (Å²) in [5.74, 6) is -0.179. The van der Waals surface area contributed by atoms with Gasteiger partial charge in [-0.15, -0.1) is 11.3 Å². The highest BCUT2D eigenvalue weighted by atomic mass is 32.1. The smallest absolute Gasteiger partial charge is 0.318 e. The van der Waals surface area contributed by atoms with Crippen molar-refractivity contribution < 1.29 is 14.3 Å². The molecule has 0 unspecified atom stereocenters. The van der Waals surface area contributed by atoms with Gasteiger partial charge < -0.3 is 14.4 Å². The number of rotatable bonds is 4. The number of esters is 1. The molecule has 0 amide bonds. The lowest BCUT2D eigenvalue weighted by atomic mass is 9.85. The minimum atomic E-state index is -0.479. The SMILES string of the molecule is COC(=O)C1(CN(C)c2cccs2)COC1. The zero-order valence-electron chi connectivity index (χ0n) is 9.43. The van der Waals surface area contributed by atoms with E-state index in [-0.39, 0.29) is 5.97 Å². The van der Waals surface area contributed by atoms with Crippen LogP contribution in [0.25, 0.3) is 0 Å². The van der Waals surface area contributed by atoms with Crippen LogP contribution < -0.4 is 4.90 Å². The van der Waals surface area contributed by atoms with Crippen LogP contribution in [0.5, 0.6) is 0 Å². The summed E-state index contributed by atoms with van der Waals surface area (Å²) in [7, 11) is 3.41. The van der Waals surface area contributed by atoms with Crippen molar-refractivity contribution in [3.8, 4) is 0 Å². The molecule has 1 saturated heterocycles. The summed E-state index contributed by atoms with van der Waals surface area (Å²) < 4.78 is 9.99. The molecule has 0 radical (unpaired) electrons. The van der Waals surface area contributed by atoms with E-state index >= 15 is 0 Å². The summed E-state index contributed by atoms with van der Waals surface area (Å²) in [6, 6.07) is 4.04. The molecule has 5 heteroatoms. The quantitative estimate of drug-likeness (QED) is 0.746. The van der Waals surface area contributed by atoms with Gasteiger partial charge in [0.25, 0.3) is 0 Å². The molecule has 1 aromatic rings. The molecule has 0 bridgehead atoms. The van der Waals surface area contributed by atoms with Gasteiger partial charge >= 0.3 is 5.97 Å². The standard InChI is InChI=1S/C11H15NO3S/c1-12(9-4-3-5-16-9)6-11(7-15-8-11)10(13)14-2/h3-5H,6-8H2,1-2H3. The fourth-order valence-corrected chi connectivity index (χ4v) is 2.56. The summed E-state index contributed by atoms with van der Waals surface area (Å²) in [6.45, 7) is 1.55. The van der Waals surface area contributed by atoms with Gasteiger partial charge in [-0.1, -0.05) is 0 Å². The molecule has 88 valence electrons. The Bertz CT molecular complexity index is 359. The third kappa shape index (κ3) is 1.92. The Hall–Kier alpha value is -1.07. The first-order valence-corrected chi connectivity index (χ1v) is 5.97. The molecule has 0 atom stereocenters. The third-order valence-corrected chi connectivity index (χ3v) is 3.78. The van der Waals surface area contributed by atoms with Crippen molar-refractivity contribution in [2.45, 2.75) is 0 Å². The van der Waals surface area contributed by atoms with Gasteiger partial charge in [0, 0.05) is 13.6 Å². The molecular weight excluding hydrogens is 226 g/mol. The first kappa shape index (κ1) is 11.4. The Balaban J connectivity index is 2.05. The van der Waals surface area contributed by atoms with E-state index in [1.165, 1.54) is 7.11 Å². The van der Waals surface area contributed by atoms with Crippen molar-refractivity contribution in [2.24, 2.45) is 5.41 Å². The summed E-state index contributed by atoms with van der Waals surface area (Å²) >= 11 is 1.66. The van der Waals surface area contributed by atoms with Crippen LogP contribution in [-0.4, -0.2) is 39.9 Å². The predicted octanol–water partition coefficient (Wildman–Crippen LogP) is 1.37. The summed E-state index contributed by atoms with van der Waals surface area (Å²) in [5.41, 5.74) is -0.479. The van der Waals surface area contributed by atoms with Crippen LogP contribution in [0.3, 0.4) is 0 Å². The van der Waals surface area contributed by atoms with E-state index in [1.807, 2.05) is 24.6 Å². The zero-order chi connectivity index (χ0) is 11.6. The van der Waals surface area contributed by atoms with Gasteiger partial charge in [-0.2, -0.15) is 0 Å². The maximum absolute atomic E-state index is 11.7. The number of methoxy groups -OCH3 is 1. The van der Waals surface area contributed by atoms with Crippen molar-refractivity contribution in [1.82, 2.24) is 0 Å². The van der Waals surface area contributed by atoms with Gasteiger partial charge in [-0.25, -0.2) is 0 Å². The van der Waals surface area contributed by atoms with E-state index in [1.54, 1.807) is 11.3 Å². The number of hydrogen-bond acceptors (Lipinski definition) is 5. The molecule has 1 fully saturated rings. The summed E-state index contributed by atoms with van der Waals surface area (Å²) in [6.07, 6.45) is 0. The number of nitrogens with zero attached hydrogens (tertiary/aromatic N) is 1. The van der Waals surface area contributed by atoms with Crippen LogP contribution in [0.4, 0.5) is 5.00 Å². The second-order valence-electron chi connectivity index (χ2n) is 4.07. The second kappa shape index (κ2) is 4.43. The number of ether oxygens (including phenoxy) is 2. The topological polar surface area (TPSA) is 38.8 Å². The fourth-order valence-electron chi connectivity index (χ4n) is 1.86. The van der Waals surface area contributed by atoms with E-state index in [2.05, 4.69) is 4.90 Å². The molecule has 1 aromatic heterocycles. The molecule has 0 spiro atoms. The molecule has 2 heterocycles. The zero-order valence-corrected chi connectivity index (χ0v) is 10.3. The van der Waals surface area contributed by atoms with Crippen molar-refractivity contribution in [2.75, 3.05) is 38.8 Å². The van der Waals surface area contributed by atoms with E-state index < -0.39 is 5.41 Å². The second-order valence-corrected chi connectivity index (χ2v) is 5.00. The van der Waals surface area contributed by atoms with Gasteiger partial charge in [0.2, 0.25) is 0 Å². The Kier molecular flexibility index (Phi) is 3.16. The number of thiophene rings is 1. The normalized spacial score (nSPS) is 17.6. The monoisotopic (exact) mass is 241 g/mol. The van der Waals surface area contributed by atoms with E-state index in [9.17, 15) is 4.79 Å². The van der Waals surface area contributed by atoms with Crippen molar-refractivity contribution >= 4 is 22.3 Å². The fraction of sp³-hybridized carbons (Fsp3) is 0.545. The summed E-state index contributed by atoms with van der Waals surface area (Å²) in [4.78, 5) is 13.8. The van der Waals surface area contributed by atoms with Gasteiger partial charge in [-0.3, -0.25) is 4.79 Å². The highest BCUT2D eigenvalue weighted by molar-refractivity contribution is 7.14. The van der Waals surface area contributed by atoms with E-state index in [4.69, 9.17) is 9.47 Å². The van der Waals surface area contributed by atoms with E-state index in [0.29, 0.717) is 19.8 Å². The Morgan fingerprint density at radius 2 is 2.44 bits per heavy atom. The molecule has 0 N–H and O–H groups in total. The first-order valence-electron chi connectivity index (χ1n) is 5.09. The maximum atomic E-state index is 11.7. The molecule has 16 heavy (non-hydrogen) atoms. The molecule has 0 aromatic carbocycles. The van der Waals surface area contributed by atoms with Crippen molar-refractivity contribution in [3.63, 3.8) is 0 Å². The lowest BCUT2D eigenvalue weighted by molar-refractivity contribution is -0.180. The molecule has 1 aliphatic rings. The summed E-state index contributed by atoms with van der Waals surface area (Å²) in [5, 5.41) is 3.17. The first-order chi connectivity index (χ1) is 7.68. The number of anilines is 1. The van der Waals surface area contributed by atoms with Crippen molar-refractivity contribution in [1.29, 1.82) is 0 Å². The molecule has 2 rings (SSSR count). The maximum Gasteiger partial charge on any atom is 0.318 e. The van der Waals surface area contributed by atoms with Crippen LogP contribution in [0.1, 0.15) is 0 Å². The van der Waals surface area contributed by atoms with Crippen LogP contribution >= 0.6 is 11.3 Å². The van der Waals surface area contributed by atoms with Gasteiger partial charge in [-0.05, 0) is 17.5 Å². The number of hydrogen-bond donors (Lipinski definition) is 0. The van der Waals surface area contributed by atoms with Crippen LogP contribution in [0.2, 0.25) is 0 Å². The Morgan fingerprint density at radius 3 is 2.88 bits per heavy atom. The van der Waals surface area contributed by atoms with Crippen molar-refractivity contribution in [3.05, 3.63) is 17.5 Å². The molecular formula is C11H15NO3S. The lowest BCUT2D eigenvalue weighted by Gasteiger charge is -2.41. The third-order valence-electron chi connectivity index (χ3n) is 2.80. The molecule has 1 aliphatic heterocycles. The predicted molar refractivity (Wildman–Crippen MR) is 62.9 cm³/mol. The van der Waals surface area contributed by atoms with E-state index in [0.717, 1.165) is 5.00 Å². The number of carbonyl (C=O) groups excluding carboxylic acids is 1. The lowest BCUT2D eigenvalue weighted by Crippen LogP contribution is -2.55. The molecule has 4 nitrogen and oxygen atoms in total. The van der Waals surface area contributed by atoms with Crippen LogP contribution in [0, 0.1) is 5.41 Å². The average Bonchev–Trinajstić information content (AvgIpc) is 2.75. The van der Waals surface area contributed by atoms with Crippen LogP contribution in [0.15, 0.2) is 17.5 Å². The Morgan fingerprint density at radius 1 is 1.69 bits per heavy atom. The minimum Gasteiger partial charge on any atom is -0.468 e. The van der Waals surface area contributed by atoms with Gasteiger partial charge in [0.1, 0.15) is 5.41 Å². The Labute approximate surface area is 98.8 Å². The molecule has 0 aliphatic carbocycles. The van der Waals surface area contributed by atoms with Crippen LogP contribution in [-0.2, 0) is 14.3 Å². The minimum absolute atomic E-state index is 0.179. The highest BCUT2D eigenvalue weighted by Gasteiger charge is 2.48. The largest absolute Gasteiger partial charge is 0.468 e.